The van der Waals surface area contributed by atoms with Crippen molar-refractivity contribution in [3.63, 3.8) is 0 Å². The second-order valence-electron chi connectivity index (χ2n) is 7.72. The van der Waals surface area contributed by atoms with Crippen LogP contribution in [0.25, 0.3) is 0 Å². The molecule has 0 bridgehead atoms. The molecule has 1 unspecified atom stereocenters. The highest BCUT2D eigenvalue weighted by atomic mass is 16.2. The minimum atomic E-state index is -0.351. The molecule has 4 heteroatoms. The smallest absolute Gasteiger partial charge is 0.262 e. The summed E-state index contributed by atoms with van der Waals surface area (Å²) in [5.41, 5.74) is 8.44. The van der Waals surface area contributed by atoms with Crippen LogP contribution >= 0.6 is 0 Å². The molecule has 2 N–H and O–H groups in total. The molecule has 0 radical (unpaired) electrons. The van der Waals surface area contributed by atoms with Crippen molar-refractivity contribution in [3.05, 3.63) is 41.0 Å². The van der Waals surface area contributed by atoms with Gasteiger partial charge < -0.3 is 5.32 Å². The molecule has 2 rings (SSSR count). The molecule has 1 amide bonds. The van der Waals surface area contributed by atoms with E-state index in [0.29, 0.717) is 0 Å². The number of anilines is 1. The number of benzene rings is 1. The average molecular weight is 327 g/mol. The normalized spacial score (nSPS) is 19.6. The fourth-order valence-electron chi connectivity index (χ4n) is 3.31. The van der Waals surface area contributed by atoms with E-state index in [1.54, 1.807) is 0 Å². The monoisotopic (exact) mass is 327 g/mol. The maximum Gasteiger partial charge on any atom is 0.262 e. The summed E-state index contributed by atoms with van der Waals surface area (Å²) >= 11 is 0. The summed E-state index contributed by atoms with van der Waals surface area (Å²) < 4.78 is 0. The zero-order chi connectivity index (χ0) is 17.9. The van der Waals surface area contributed by atoms with Crippen LogP contribution < -0.4 is 10.7 Å². The third-order valence-corrected chi connectivity index (χ3v) is 4.38. The Morgan fingerprint density at radius 2 is 1.79 bits per heavy atom. The Kier molecular flexibility index (Phi) is 5.47. The van der Waals surface area contributed by atoms with E-state index in [0.717, 1.165) is 35.4 Å². The lowest BCUT2D eigenvalue weighted by molar-refractivity contribution is -0.121. The first-order valence-corrected chi connectivity index (χ1v) is 8.54. The van der Waals surface area contributed by atoms with Gasteiger partial charge in [0.25, 0.3) is 5.91 Å². The number of nitrogens with zero attached hydrogens (tertiary/aromatic N) is 1. The third-order valence-electron chi connectivity index (χ3n) is 4.38. The minimum absolute atomic E-state index is 0.125. The Balaban J connectivity index is 2.02. The number of hydrogen-bond donors (Lipinski definition) is 2. The number of nitrogens with one attached hydrogen (secondary N) is 2. The molecule has 24 heavy (non-hydrogen) atoms. The summed E-state index contributed by atoms with van der Waals surface area (Å²) in [6.45, 7) is 12.5. The number of rotatable bonds is 4. The molecule has 0 spiro atoms. The van der Waals surface area contributed by atoms with Crippen LogP contribution in [-0.2, 0) is 4.79 Å². The van der Waals surface area contributed by atoms with Crippen molar-refractivity contribution in [2.75, 3.05) is 5.32 Å². The van der Waals surface area contributed by atoms with Gasteiger partial charge in [0.05, 0.1) is 5.71 Å². The lowest BCUT2D eigenvalue weighted by Gasteiger charge is -2.29. The van der Waals surface area contributed by atoms with Gasteiger partial charge in [-0.05, 0) is 63.2 Å². The SMILES string of the molecule is CC1=C/C(=N\NC(=O)C(C)Nc2c(C)cccc2C)CC(C)(C)C1. The maximum absolute atomic E-state index is 12.4. The third kappa shape index (κ3) is 4.70. The second kappa shape index (κ2) is 7.20. The van der Waals surface area contributed by atoms with Gasteiger partial charge in [0.15, 0.2) is 0 Å². The van der Waals surface area contributed by atoms with Crippen LogP contribution in [-0.4, -0.2) is 17.7 Å². The number of hydrazone groups is 1. The fourth-order valence-corrected chi connectivity index (χ4v) is 3.31. The molecular weight excluding hydrogens is 298 g/mol. The molecule has 0 fully saturated rings. The summed E-state index contributed by atoms with van der Waals surface area (Å²) in [6.07, 6.45) is 4.03. The van der Waals surface area contributed by atoms with E-state index in [-0.39, 0.29) is 17.4 Å². The average Bonchev–Trinajstić information content (AvgIpc) is 2.46. The molecule has 4 nitrogen and oxygen atoms in total. The summed E-state index contributed by atoms with van der Waals surface area (Å²) in [5, 5.41) is 7.63. The van der Waals surface area contributed by atoms with Gasteiger partial charge in [-0.2, -0.15) is 5.10 Å². The lowest BCUT2D eigenvalue weighted by atomic mass is 9.77. The molecule has 1 aliphatic carbocycles. The highest BCUT2D eigenvalue weighted by Gasteiger charge is 2.25. The predicted octanol–water partition coefficient (Wildman–Crippen LogP) is 4.34. The van der Waals surface area contributed by atoms with Crippen molar-refractivity contribution in [3.8, 4) is 0 Å². The van der Waals surface area contributed by atoms with Gasteiger partial charge in [0, 0.05) is 5.69 Å². The highest BCUT2D eigenvalue weighted by molar-refractivity contribution is 5.97. The van der Waals surface area contributed by atoms with Gasteiger partial charge in [-0.25, -0.2) is 5.43 Å². The van der Waals surface area contributed by atoms with Crippen LogP contribution in [0.4, 0.5) is 5.69 Å². The zero-order valence-electron chi connectivity index (χ0n) is 15.7. The van der Waals surface area contributed by atoms with E-state index < -0.39 is 0 Å². The molecule has 0 aromatic heterocycles. The van der Waals surface area contributed by atoms with E-state index in [9.17, 15) is 4.79 Å². The molecular formula is C20H29N3O. The Labute approximate surface area is 145 Å². The van der Waals surface area contributed by atoms with Crippen LogP contribution in [0, 0.1) is 19.3 Å². The number of carbonyl (C=O) groups excluding carboxylic acids is 1. The molecule has 1 aromatic carbocycles. The van der Waals surface area contributed by atoms with Crippen LogP contribution in [0.2, 0.25) is 0 Å². The van der Waals surface area contributed by atoms with E-state index in [4.69, 9.17) is 0 Å². The van der Waals surface area contributed by atoms with Crippen molar-refractivity contribution in [1.82, 2.24) is 5.43 Å². The molecule has 0 aliphatic heterocycles. The van der Waals surface area contributed by atoms with Crippen molar-refractivity contribution in [2.45, 2.75) is 60.4 Å². The van der Waals surface area contributed by atoms with Crippen molar-refractivity contribution < 1.29 is 4.79 Å². The summed E-state index contributed by atoms with van der Waals surface area (Å²) in [6, 6.07) is 5.75. The molecule has 1 aromatic rings. The van der Waals surface area contributed by atoms with Gasteiger partial charge in [0.1, 0.15) is 6.04 Å². The lowest BCUT2D eigenvalue weighted by Crippen LogP contribution is -2.36. The first-order valence-electron chi connectivity index (χ1n) is 8.54. The van der Waals surface area contributed by atoms with Crippen LogP contribution in [0.5, 0.6) is 0 Å². The Morgan fingerprint density at radius 3 is 2.38 bits per heavy atom. The Hall–Kier alpha value is -2.10. The van der Waals surface area contributed by atoms with Crippen molar-refractivity contribution in [1.29, 1.82) is 0 Å². The number of carbonyl (C=O) groups is 1. The van der Waals surface area contributed by atoms with Gasteiger partial charge in [-0.1, -0.05) is 37.6 Å². The topological polar surface area (TPSA) is 53.5 Å². The summed E-state index contributed by atoms with van der Waals surface area (Å²) in [5.74, 6) is -0.125. The van der Waals surface area contributed by atoms with Crippen molar-refractivity contribution in [2.24, 2.45) is 10.5 Å². The summed E-state index contributed by atoms with van der Waals surface area (Å²) in [4.78, 5) is 12.4. The van der Waals surface area contributed by atoms with Crippen molar-refractivity contribution >= 4 is 17.3 Å². The number of para-hydroxylation sites is 1. The number of aryl methyl sites for hydroxylation is 2. The Morgan fingerprint density at radius 1 is 1.17 bits per heavy atom. The molecule has 1 atom stereocenters. The van der Waals surface area contributed by atoms with E-state index in [1.807, 2.05) is 39.0 Å². The van der Waals surface area contributed by atoms with Gasteiger partial charge >= 0.3 is 0 Å². The number of amides is 1. The summed E-state index contributed by atoms with van der Waals surface area (Å²) in [7, 11) is 0. The number of allylic oxidation sites excluding steroid dienone is 2. The van der Waals surface area contributed by atoms with Crippen LogP contribution in [0.15, 0.2) is 34.9 Å². The first-order chi connectivity index (χ1) is 11.2. The predicted molar refractivity (Wildman–Crippen MR) is 101 cm³/mol. The van der Waals surface area contributed by atoms with Gasteiger partial charge in [-0.3, -0.25) is 4.79 Å². The van der Waals surface area contributed by atoms with Gasteiger partial charge in [0.2, 0.25) is 0 Å². The molecule has 130 valence electrons. The fraction of sp³-hybridized carbons (Fsp3) is 0.500. The van der Waals surface area contributed by atoms with E-state index in [2.05, 4.69) is 42.7 Å². The minimum Gasteiger partial charge on any atom is -0.373 e. The zero-order valence-corrected chi connectivity index (χ0v) is 15.7. The molecule has 1 aliphatic rings. The molecule has 0 saturated heterocycles. The standard InChI is InChI=1S/C20H29N3O/c1-13-10-17(12-20(5,6)11-13)22-23-19(24)16(4)21-18-14(2)8-7-9-15(18)3/h7-10,16,21H,11-12H2,1-6H3,(H,23,24)/b22-17+. The highest BCUT2D eigenvalue weighted by Crippen LogP contribution is 2.33. The maximum atomic E-state index is 12.4. The quantitative estimate of drug-likeness (QED) is 0.808. The second-order valence-corrected chi connectivity index (χ2v) is 7.72. The molecule has 0 heterocycles. The number of hydrogen-bond acceptors (Lipinski definition) is 3. The molecule has 0 saturated carbocycles. The first kappa shape index (κ1) is 18.2. The van der Waals surface area contributed by atoms with E-state index >= 15 is 0 Å². The Bertz CT molecular complexity index is 666. The van der Waals surface area contributed by atoms with Crippen LogP contribution in [0.3, 0.4) is 0 Å². The van der Waals surface area contributed by atoms with E-state index in [1.165, 1.54) is 5.57 Å². The van der Waals surface area contributed by atoms with Gasteiger partial charge in [-0.15, -0.1) is 0 Å². The largest absolute Gasteiger partial charge is 0.373 e. The van der Waals surface area contributed by atoms with Crippen LogP contribution in [0.1, 0.15) is 51.7 Å².